The minimum Gasteiger partial charge on any atom is -0.451 e. The molecule has 0 bridgehead atoms. The van der Waals surface area contributed by atoms with E-state index in [1.54, 1.807) is 18.7 Å². The minimum atomic E-state index is -0.587. The lowest BCUT2D eigenvalue weighted by Crippen LogP contribution is -2.41. The highest BCUT2D eigenvalue weighted by molar-refractivity contribution is 7.20. The molecule has 0 unspecified atom stereocenters. The van der Waals surface area contributed by atoms with Gasteiger partial charge in [-0.2, -0.15) is 0 Å². The van der Waals surface area contributed by atoms with Gasteiger partial charge in [0.1, 0.15) is 15.5 Å². The van der Waals surface area contributed by atoms with Crippen molar-refractivity contribution in [1.82, 2.24) is 14.9 Å². The molecular weight excluding hydrogens is 342 g/mol. The van der Waals surface area contributed by atoms with Crippen LogP contribution in [0, 0.1) is 19.8 Å². The molecule has 1 atom stereocenters. The highest BCUT2D eigenvalue weighted by atomic mass is 32.1. The second-order valence-corrected chi connectivity index (χ2v) is 7.55. The van der Waals surface area contributed by atoms with Crippen molar-refractivity contribution in [3.63, 3.8) is 0 Å². The van der Waals surface area contributed by atoms with Crippen molar-refractivity contribution in [2.45, 2.75) is 33.6 Å². The first-order valence-electron chi connectivity index (χ1n) is 8.31. The summed E-state index contributed by atoms with van der Waals surface area (Å²) in [7, 11) is 0. The number of carbonyl (C=O) groups excluding carboxylic acids is 2. The van der Waals surface area contributed by atoms with E-state index in [0.29, 0.717) is 45.5 Å². The van der Waals surface area contributed by atoms with Crippen molar-refractivity contribution in [2.24, 2.45) is 5.92 Å². The molecule has 1 aliphatic heterocycles. The number of amides is 1. The third-order valence-electron chi connectivity index (χ3n) is 4.44. The van der Waals surface area contributed by atoms with Crippen LogP contribution in [-0.2, 0) is 9.53 Å². The number of fused-ring (bicyclic) bond motifs is 1. The number of carbonyl (C=O) groups is 2. The number of hydrogen-bond acceptors (Lipinski definition) is 6. The highest BCUT2D eigenvalue weighted by Crippen LogP contribution is 2.27. The van der Waals surface area contributed by atoms with Crippen LogP contribution in [0.3, 0.4) is 0 Å². The lowest BCUT2D eigenvalue weighted by molar-refractivity contribution is -0.136. The Morgan fingerprint density at radius 2 is 2.16 bits per heavy atom. The lowest BCUT2D eigenvalue weighted by Gasteiger charge is -2.30. The Kier molecular flexibility index (Phi) is 4.89. The topological polar surface area (TPSA) is 92.4 Å². The Balaban J connectivity index is 1.72. The fraction of sp³-hybridized carbons (Fsp3) is 0.529. The van der Waals surface area contributed by atoms with Crippen LogP contribution in [0.1, 0.15) is 40.8 Å². The zero-order valence-electron chi connectivity index (χ0n) is 14.5. The molecule has 1 fully saturated rings. The summed E-state index contributed by atoms with van der Waals surface area (Å²) < 4.78 is 5.20. The zero-order chi connectivity index (χ0) is 18.1. The first kappa shape index (κ1) is 17.6. The number of hydrogen-bond donors (Lipinski definition) is 1. The van der Waals surface area contributed by atoms with Gasteiger partial charge in [0.05, 0.1) is 5.39 Å². The SMILES string of the molecule is Cc1nc2sc(C(=O)OCC(=O)N3CCC[C@@H](C)C3)c(C)c2c(=O)[nH]1. The number of ether oxygens (including phenoxy) is 1. The third-order valence-corrected chi connectivity index (χ3v) is 5.61. The summed E-state index contributed by atoms with van der Waals surface area (Å²) in [5.74, 6) is 0.203. The van der Waals surface area contributed by atoms with Gasteiger partial charge in [-0.25, -0.2) is 9.78 Å². The van der Waals surface area contributed by atoms with Gasteiger partial charge in [0, 0.05) is 13.1 Å². The van der Waals surface area contributed by atoms with Crippen LogP contribution in [0.15, 0.2) is 4.79 Å². The van der Waals surface area contributed by atoms with E-state index in [-0.39, 0.29) is 18.1 Å². The van der Waals surface area contributed by atoms with Crippen molar-refractivity contribution in [2.75, 3.05) is 19.7 Å². The minimum absolute atomic E-state index is 0.175. The fourth-order valence-corrected chi connectivity index (χ4v) is 4.27. The van der Waals surface area contributed by atoms with Crippen molar-refractivity contribution in [1.29, 1.82) is 0 Å². The van der Waals surface area contributed by atoms with Crippen LogP contribution in [0.25, 0.3) is 10.2 Å². The van der Waals surface area contributed by atoms with Gasteiger partial charge in [-0.15, -0.1) is 11.3 Å². The Morgan fingerprint density at radius 1 is 1.40 bits per heavy atom. The van der Waals surface area contributed by atoms with Crippen LogP contribution in [0.5, 0.6) is 0 Å². The molecule has 1 aliphatic rings. The quantitative estimate of drug-likeness (QED) is 0.842. The summed E-state index contributed by atoms with van der Waals surface area (Å²) in [6.45, 7) is 6.63. The number of esters is 1. The maximum absolute atomic E-state index is 12.4. The maximum Gasteiger partial charge on any atom is 0.349 e. The number of aromatic nitrogens is 2. The van der Waals surface area contributed by atoms with E-state index in [1.165, 1.54) is 0 Å². The van der Waals surface area contributed by atoms with Gasteiger partial charge in [-0.1, -0.05) is 6.92 Å². The van der Waals surface area contributed by atoms with Gasteiger partial charge in [0.25, 0.3) is 11.5 Å². The standard InChI is InChI=1S/C17H21N3O4S/c1-9-5-4-6-20(7-9)12(21)8-24-17(23)14-10(2)13-15(22)18-11(3)19-16(13)25-14/h9H,4-8H2,1-3H3,(H,18,19,22)/t9-/m1/s1. The number of aromatic amines is 1. The van der Waals surface area contributed by atoms with Crippen molar-refractivity contribution in [3.05, 3.63) is 26.6 Å². The van der Waals surface area contributed by atoms with E-state index < -0.39 is 5.97 Å². The number of nitrogens with zero attached hydrogens (tertiary/aromatic N) is 2. The molecular formula is C17H21N3O4S. The van der Waals surface area contributed by atoms with Crippen LogP contribution < -0.4 is 5.56 Å². The maximum atomic E-state index is 12.4. The summed E-state index contributed by atoms with van der Waals surface area (Å²) >= 11 is 1.12. The molecule has 134 valence electrons. The molecule has 3 heterocycles. The first-order valence-corrected chi connectivity index (χ1v) is 9.13. The number of rotatable bonds is 3. The Labute approximate surface area is 149 Å². The first-order chi connectivity index (χ1) is 11.9. The number of thiophene rings is 1. The molecule has 1 N–H and O–H groups in total. The molecule has 2 aromatic heterocycles. The molecule has 0 aromatic carbocycles. The van der Waals surface area contributed by atoms with Gasteiger partial charge in [-0.3, -0.25) is 9.59 Å². The van der Waals surface area contributed by atoms with Crippen molar-refractivity contribution >= 4 is 33.4 Å². The Bertz CT molecular complexity index is 886. The summed E-state index contributed by atoms with van der Waals surface area (Å²) in [6.07, 6.45) is 2.09. The summed E-state index contributed by atoms with van der Waals surface area (Å²) in [5, 5.41) is 0.402. The van der Waals surface area contributed by atoms with E-state index in [4.69, 9.17) is 4.74 Å². The molecule has 0 spiro atoms. The smallest absolute Gasteiger partial charge is 0.349 e. The predicted octanol–water partition coefficient (Wildman–Crippen LogP) is 2.02. The molecule has 0 saturated carbocycles. The Hall–Kier alpha value is -2.22. The monoisotopic (exact) mass is 363 g/mol. The molecule has 7 nitrogen and oxygen atoms in total. The average Bonchev–Trinajstić information content (AvgIpc) is 2.89. The average molecular weight is 363 g/mol. The largest absolute Gasteiger partial charge is 0.451 e. The van der Waals surface area contributed by atoms with E-state index in [0.717, 1.165) is 24.2 Å². The van der Waals surface area contributed by atoms with E-state index in [9.17, 15) is 14.4 Å². The third kappa shape index (κ3) is 3.58. The van der Waals surface area contributed by atoms with Crippen molar-refractivity contribution in [3.8, 4) is 0 Å². The van der Waals surface area contributed by atoms with Gasteiger partial charge in [-0.05, 0) is 38.2 Å². The second kappa shape index (κ2) is 6.95. The zero-order valence-corrected chi connectivity index (χ0v) is 15.4. The molecule has 0 radical (unpaired) electrons. The van der Waals surface area contributed by atoms with Gasteiger partial charge in [0.2, 0.25) is 0 Å². The highest BCUT2D eigenvalue weighted by Gasteiger charge is 2.24. The van der Waals surface area contributed by atoms with E-state index >= 15 is 0 Å². The normalized spacial score (nSPS) is 17.7. The lowest BCUT2D eigenvalue weighted by atomic mass is 10.0. The molecule has 25 heavy (non-hydrogen) atoms. The van der Waals surface area contributed by atoms with Crippen molar-refractivity contribution < 1.29 is 14.3 Å². The number of piperidine rings is 1. The summed E-state index contributed by atoms with van der Waals surface area (Å²) in [6, 6.07) is 0. The van der Waals surface area contributed by atoms with Gasteiger partial charge < -0.3 is 14.6 Å². The molecule has 2 aromatic rings. The van der Waals surface area contributed by atoms with Crippen LogP contribution in [-0.4, -0.2) is 46.4 Å². The summed E-state index contributed by atoms with van der Waals surface area (Å²) in [4.78, 5) is 46.1. The van der Waals surface area contributed by atoms with Gasteiger partial charge in [0.15, 0.2) is 6.61 Å². The molecule has 1 saturated heterocycles. The summed E-state index contributed by atoms with van der Waals surface area (Å²) in [5.41, 5.74) is 0.270. The molecule has 8 heteroatoms. The predicted molar refractivity (Wildman–Crippen MR) is 95.0 cm³/mol. The van der Waals surface area contributed by atoms with Crippen LogP contribution in [0.2, 0.25) is 0 Å². The second-order valence-electron chi connectivity index (χ2n) is 6.55. The number of nitrogens with one attached hydrogen (secondary N) is 1. The number of likely N-dealkylation sites (tertiary alicyclic amines) is 1. The van der Waals surface area contributed by atoms with Crippen LogP contribution in [0.4, 0.5) is 0 Å². The molecule has 0 aliphatic carbocycles. The van der Waals surface area contributed by atoms with E-state index in [1.807, 2.05) is 0 Å². The number of aryl methyl sites for hydroxylation is 2. The van der Waals surface area contributed by atoms with Gasteiger partial charge >= 0.3 is 5.97 Å². The Morgan fingerprint density at radius 3 is 2.88 bits per heavy atom. The fourth-order valence-electron chi connectivity index (χ4n) is 3.15. The van der Waals surface area contributed by atoms with E-state index in [2.05, 4.69) is 16.9 Å². The van der Waals surface area contributed by atoms with Crippen LogP contribution >= 0.6 is 11.3 Å². The molecule has 3 rings (SSSR count). The molecule has 1 amide bonds. The number of H-pyrrole nitrogens is 1.